The number of carbonyl (C=O) groups excluding carboxylic acids is 1. The van der Waals surface area contributed by atoms with Crippen molar-refractivity contribution in [3.8, 4) is 0 Å². The number of aliphatic imine (C=N–C) groups is 1. The SMILES string of the molecule is CC(NC(=NCC(=O)N(C)C)NCC1(c2ccccc2)CCC1)c1ccccc1. The molecule has 154 valence electrons. The van der Waals surface area contributed by atoms with Crippen LogP contribution in [0.1, 0.15) is 43.4 Å². The van der Waals surface area contributed by atoms with E-state index in [9.17, 15) is 4.79 Å². The summed E-state index contributed by atoms with van der Waals surface area (Å²) in [7, 11) is 3.51. The number of hydrogen-bond donors (Lipinski definition) is 2. The number of likely N-dealkylation sites (N-methyl/N-ethyl adjacent to an activating group) is 1. The predicted octanol–water partition coefficient (Wildman–Crippen LogP) is 3.49. The largest absolute Gasteiger partial charge is 0.355 e. The summed E-state index contributed by atoms with van der Waals surface area (Å²) in [6, 6.07) is 21.1. The molecule has 1 fully saturated rings. The van der Waals surface area contributed by atoms with Gasteiger partial charge >= 0.3 is 0 Å². The molecule has 1 aliphatic carbocycles. The van der Waals surface area contributed by atoms with E-state index in [1.54, 1.807) is 19.0 Å². The van der Waals surface area contributed by atoms with E-state index in [-0.39, 0.29) is 23.9 Å². The van der Waals surface area contributed by atoms with Crippen LogP contribution in [0, 0.1) is 0 Å². The highest BCUT2D eigenvalue weighted by molar-refractivity contribution is 5.85. The summed E-state index contributed by atoms with van der Waals surface area (Å²) in [5.41, 5.74) is 2.70. The van der Waals surface area contributed by atoms with E-state index < -0.39 is 0 Å². The first-order valence-electron chi connectivity index (χ1n) is 10.4. The van der Waals surface area contributed by atoms with Crippen LogP contribution < -0.4 is 10.6 Å². The minimum Gasteiger partial charge on any atom is -0.355 e. The van der Waals surface area contributed by atoms with Gasteiger partial charge in [-0.05, 0) is 30.9 Å². The Morgan fingerprint density at radius 2 is 1.69 bits per heavy atom. The van der Waals surface area contributed by atoms with Gasteiger partial charge in [-0.3, -0.25) is 4.79 Å². The lowest BCUT2D eigenvalue weighted by molar-refractivity contribution is -0.127. The number of benzene rings is 2. The average molecular weight is 393 g/mol. The molecule has 0 heterocycles. The summed E-state index contributed by atoms with van der Waals surface area (Å²) < 4.78 is 0. The number of amides is 1. The van der Waals surface area contributed by atoms with Crippen LogP contribution in [0.3, 0.4) is 0 Å². The molecular weight excluding hydrogens is 360 g/mol. The third kappa shape index (κ3) is 5.37. The van der Waals surface area contributed by atoms with Crippen molar-refractivity contribution in [2.24, 2.45) is 4.99 Å². The van der Waals surface area contributed by atoms with Gasteiger partial charge in [0.2, 0.25) is 5.91 Å². The van der Waals surface area contributed by atoms with Gasteiger partial charge in [0, 0.05) is 26.1 Å². The number of rotatable bonds is 7. The Labute approximate surface area is 174 Å². The highest BCUT2D eigenvalue weighted by Gasteiger charge is 2.38. The van der Waals surface area contributed by atoms with Crippen LogP contribution in [-0.4, -0.2) is 44.0 Å². The molecule has 1 amide bonds. The number of nitrogens with zero attached hydrogens (tertiary/aromatic N) is 2. The standard InChI is InChI=1S/C24H32N4O/c1-19(20-11-6-4-7-12-20)27-23(25-17-22(29)28(2)3)26-18-24(15-10-16-24)21-13-8-5-9-14-21/h4-9,11-14,19H,10,15-18H2,1-3H3,(H2,25,26,27). The van der Waals surface area contributed by atoms with Crippen LogP contribution in [0.5, 0.6) is 0 Å². The second kappa shape index (κ2) is 9.59. The molecule has 1 saturated carbocycles. The topological polar surface area (TPSA) is 56.7 Å². The zero-order valence-corrected chi connectivity index (χ0v) is 17.7. The molecule has 29 heavy (non-hydrogen) atoms. The molecule has 0 saturated heterocycles. The second-order valence-corrected chi connectivity index (χ2v) is 8.08. The maximum absolute atomic E-state index is 12.1. The lowest BCUT2D eigenvalue weighted by Crippen LogP contribution is -2.49. The van der Waals surface area contributed by atoms with Crippen LogP contribution in [0.4, 0.5) is 0 Å². The highest BCUT2D eigenvalue weighted by Crippen LogP contribution is 2.43. The van der Waals surface area contributed by atoms with Crippen molar-refractivity contribution in [1.82, 2.24) is 15.5 Å². The molecule has 0 bridgehead atoms. The minimum absolute atomic E-state index is 0.0140. The van der Waals surface area contributed by atoms with E-state index in [2.05, 4.69) is 65.0 Å². The minimum atomic E-state index is -0.0140. The Morgan fingerprint density at radius 3 is 2.24 bits per heavy atom. The van der Waals surface area contributed by atoms with Gasteiger partial charge in [-0.25, -0.2) is 4.99 Å². The molecule has 0 aliphatic heterocycles. The Balaban J connectivity index is 1.72. The first kappa shape index (κ1) is 20.9. The van der Waals surface area contributed by atoms with E-state index >= 15 is 0 Å². The highest BCUT2D eigenvalue weighted by atomic mass is 16.2. The van der Waals surface area contributed by atoms with Crippen LogP contribution in [0.2, 0.25) is 0 Å². The van der Waals surface area contributed by atoms with E-state index in [4.69, 9.17) is 0 Å². The zero-order chi connectivity index (χ0) is 20.7. The van der Waals surface area contributed by atoms with Gasteiger partial charge in [-0.15, -0.1) is 0 Å². The van der Waals surface area contributed by atoms with Crippen molar-refractivity contribution in [2.45, 2.75) is 37.6 Å². The predicted molar refractivity (Wildman–Crippen MR) is 119 cm³/mol. The van der Waals surface area contributed by atoms with Gasteiger partial charge in [0.25, 0.3) is 0 Å². The fourth-order valence-corrected chi connectivity index (χ4v) is 3.69. The maximum atomic E-state index is 12.1. The molecular formula is C24H32N4O. The number of hydrogen-bond acceptors (Lipinski definition) is 2. The summed E-state index contributed by atoms with van der Waals surface area (Å²) >= 11 is 0. The van der Waals surface area contributed by atoms with E-state index in [0.717, 1.165) is 6.54 Å². The molecule has 0 aromatic heterocycles. The van der Waals surface area contributed by atoms with Crippen molar-refractivity contribution >= 4 is 11.9 Å². The third-order valence-corrected chi connectivity index (χ3v) is 5.82. The fourth-order valence-electron chi connectivity index (χ4n) is 3.69. The molecule has 5 nitrogen and oxygen atoms in total. The Kier molecular flexibility index (Phi) is 6.91. The maximum Gasteiger partial charge on any atom is 0.243 e. The molecule has 1 atom stereocenters. The van der Waals surface area contributed by atoms with Gasteiger partial charge in [0.05, 0.1) is 6.04 Å². The second-order valence-electron chi connectivity index (χ2n) is 8.08. The molecule has 3 rings (SSSR count). The van der Waals surface area contributed by atoms with Gasteiger partial charge in [0.15, 0.2) is 5.96 Å². The summed E-state index contributed by atoms with van der Waals surface area (Å²) in [5, 5.41) is 6.99. The fraction of sp³-hybridized carbons (Fsp3) is 0.417. The Morgan fingerprint density at radius 1 is 1.07 bits per heavy atom. The first-order valence-corrected chi connectivity index (χ1v) is 10.4. The van der Waals surface area contributed by atoms with Gasteiger partial charge in [0.1, 0.15) is 6.54 Å². The van der Waals surface area contributed by atoms with Crippen LogP contribution in [0.25, 0.3) is 0 Å². The molecule has 2 aromatic carbocycles. The summed E-state index contributed by atoms with van der Waals surface area (Å²) in [4.78, 5) is 18.2. The summed E-state index contributed by atoms with van der Waals surface area (Å²) in [5.74, 6) is 0.665. The van der Waals surface area contributed by atoms with Crippen molar-refractivity contribution in [2.75, 3.05) is 27.2 Å². The lowest BCUT2D eigenvalue weighted by Gasteiger charge is -2.43. The van der Waals surface area contributed by atoms with Crippen molar-refractivity contribution in [3.63, 3.8) is 0 Å². The van der Waals surface area contributed by atoms with Crippen LogP contribution in [0.15, 0.2) is 65.7 Å². The van der Waals surface area contributed by atoms with E-state index in [0.29, 0.717) is 5.96 Å². The molecule has 0 spiro atoms. The Bertz CT molecular complexity index is 813. The summed E-state index contributed by atoms with van der Waals surface area (Å²) in [6.07, 6.45) is 3.58. The molecule has 5 heteroatoms. The van der Waals surface area contributed by atoms with Gasteiger partial charge in [-0.1, -0.05) is 67.1 Å². The van der Waals surface area contributed by atoms with Crippen LogP contribution in [-0.2, 0) is 10.2 Å². The van der Waals surface area contributed by atoms with Crippen molar-refractivity contribution in [3.05, 3.63) is 71.8 Å². The average Bonchev–Trinajstić information content (AvgIpc) is 2.72. The van der Waals surface area contributed by atoms with Crippen LogP contribution >= 0.6 is 0 Å². The first-order chi connectivity index (χ1) is 14.0. The zero-order valence-electron chi connectivity index (χ0n) is 17.7. The molecule has 1 unspecified atom stereocenters. The van der Waals surface area contributed by atoms with Gasteiger partial charge < -0.3 is 15.5 Å². The number of nitrogens with one attached hydrogen (secondary N) is 2. The Hall–Kier alpha value is -2.82. The molecule has 2 aromatic rings. The molecule has 2 N–H and O–H groups in total. The lowest BCUT2D eigenvalue weighted by atomic mass is 9.64. The number of carbonyl (C=O) groups is 1. The monoisotopic (exact) mass is 392 g/mol. The third-order valence-electron chi connectivity index (χ3n) is 5.82. The summed E-state index contributed by atoms with van der Waals surface area (Å²) in [6.45, 7) is 3.04. The molecule has 0 radical (unpaired) electrons. The van der Waals surface area contributed by atoms with E-state index in [1.165, 1.54) is 30.4 Å². The number of guanidine groups is 1. The molecule has 1 aliphatic rings. The van der Waals surface area contributed by atoms with Crippen molar-refractivity contribution in [1.29, 1.82) is 0 Å². The van der Waals surface area contributed by atoms with E-state index in [1.807, 2.05) is 18.2 Å². The van der Waals surface area contributed by atoms with Crippen molar-refractivity contribution < 1.29 is 4.79 Å². The smallest absolute Gasteiger partial charge is 0.243 e. The van der Waals surface area contributed by atoms with Gasteiger partial charge in [-0.2, -0.15) is 0 Å². The quantitative estimate of drug-likeness (QED) is 0.560. The normalized spacial score (nSPS) is 16.4.